The molecule has 1 aliphatic heterocycles. The summed E-state index contributed by atoms with van der Waals surface area (Å²) in [5, 5.41) is 18.3. The highest BCUT2D eigenvalue weighted by atomic mass is 79.9. The van der Waals surface area contributed by atoms with Gasteiger partial charge in [-0.1, -0.05) is 15.9 Å². The zero-order chi connectivity index (χ0) is 16.4. The third-order valence-electron chi connectivity index (χ3n) is 3.45. The van der Waals surface area contributed by atoms with Crippen molar-refractivity contribution >= 4 is 27.9 Å². The maximum absolute atomic E-state index is 13.9. The van der Waals surface area contributed by atoms with Crippen LogP contribution in [0.2, 0.25) is 0 Å². The normalized spacial score (nSPS) is 18.5. The number of hydrogen-bond donors (Lipinski definition) is 2. The number of carbonyl (C=O) groups excluding carboxylic acids is 1. The lowest BCUT2D eigenvalue weighted by atomic mass is 10.1. The molecular formula is C13H13BrF2N2O4. The monoisotopic (exact) mass is 378 g/mol. The highest BCUT2D eigenvalue weighted by Crippen LogP contribution is 2.23. The van der Waals surface area contributed by atoms with Gasteiger partial charge in [-0.25, -0.2) is 13.6 Å². The molecule has 120 valence electrons. The molecule has 2 rings (SSSR count). The molecule has 1 heterocycles. The maximum Gasteiger partial charge on any atom is 0.407 e. The Morgan fingerprint density at radius 2 is 1.86 bits per heavy atom. The van der Waals surface area contributed by atoms with Crippen molar-refractivity contribution in [2.75, 3.05) is 26.2 Å². The molecule has 2 amide bonds. The number of piperazine rings is 1. The number of rotatable bonds is 2. The quantitative estimate of drug-likeness (QED) is 0.817. The van der Waals surface area contributed by atoms with Crippen LogP contribution in [0.3, 0.4) is 0 Å². The molecule has 6 nitrogen and oxygen atoms in total. The van der Waals surface area contributed by atoms with E-state index in [-0.39, 0.29) is 24.1 Å². The molecule has 0 radical (unpaired) electrons. The Morgan fingerprint density at radius 3 is 2.36 bits per heavy atom. The second kappa shape index (κ2) is 6.57. The van der Waals surface area contributed by atoms with E-state index in [0.717, 1.165) is 21.9 Å². The molecule has 0 spiro atoms. The van der Waals surface area contributed by atoms with E-state index in [1.54, 1.807) is 0 Å². The van der Waals surface area contributed by atoms with Crippen molar-refractivity contribution in [2.45, 2.75) is 6.04 Å². The van der Waals surface area contributed by atoms with Gasteiger partial charge >= 0.3 is 6.09 Å². The van der Waals surface area contributed by atoms with Crippen molar-refractivity contribution in [1.82, 2.24) is 9.80 Å². The van der Waals surface area contributed by atoms with Gasteiger partial charge in [0.2, 0.25) is 0 Å². The number of carbonyl (C=O) groups is 2. The lowest BCUT2D eigenvalue weighted by Gasteiger charge is -2.39. The molecule has 2 N–H and O–H groups in total. The molecule has 1 fully saturated rings. The van der Waals surface area contributed by atoms with Gasteiger partial charge in [0, 0.05) is 24.1 Å². The fraction of sp³-hybridized carbons (Fsp3) is 0.385. The lowest BCUT2D eigenvalue weighted by Crippen LogP contribution is -2.57. The van der Waals surface area contributed by atoms with Crippen LogP contribution in [0.4, 0.5) is 13.6 Å². The average Bonchev–Trinajstić information content (AvgIpc) is 2.45. The lowest BCUT2D eigenvalue weighted by molar-refractivity contribution is 0.0303. The van der Waals surface area contributed by atoms with Gasteiger partial charge in [-0.2, -0.15) is 0 Å². The SMILES string of the molecule is O=C(O)N1CCN(C(=O)c2c(F)cc(Br)cc2F)C(CO)C1. The summed E-state index contributed by atoms with van der Waals surface area (Å²) in [4.78, 5) is 25.4. The molecule has 1 atom stereocenters. The highest BCUT2D eigenvalue weighted by molar-refractivity contribution is 9.10. The van der Waals surface area contributed by atoms with E-state index in [2.05, 4.69) is 15.9 Å². The summed E-state index contributed by atoms with van der Waals surface area (Å²) in [6.07, 6.45) is -1.17. The number of carboxylic acid groups (broad SMARTS) is 1. The van der Waals surface area contributed by atoms with Crippen LogP contribution in [0.15, 0.2) is 16.6 Å². The van der Waals surface area contributed by atoms with E-state index in [1.165, 1.54) is 0 Å². The number of aliphatic hydroxyl groups is 1. The summed E-state index contributed by atoms with van der Waals surface area (Å²) in [6, 6.07) is 1.09. The third kappa shape index (κ3) is 3.20. The number of amides is 2. The molecule has 0 aliphatic carbocycles. The fourth-order valence-electron chi connectivity index (χ4n) is 2.34. The molecule has 1 saturated heterocycles. The van der Waals surface area contributed by atoms with E-state index in [1.807, 2.05) is 0 Å². The first-order valence-electron chi connectivity index (χ1n) is 6.39. The van der Waals surface area contributed by atoms with Gasteiger partial charge in [0.25, 0.3) is 5.91 Å². The second-order valence-corrected chi connectivity index (χ2v) is 5.72. The van der Waals surface area contributed by atoms with Crippen molar-refractivity contribution < 1.29 is 28.6 Å². The zero-order valence-electron chi connectivity index (χ0n) is 11.3. The largest absolute Gasteiger partial charge is 0.465 e. The number of halogens is 3. The van der Waals surface area contributed by atoms with Gasteiger partial charge in [-0.15, -0.1) is 0 Å². The summed E-state index contributed by atoms with van der Waals surface area (Å²) in [6.45, 7) is -0.657. The van der Waals surface area contributed by atoms with Gasteiger partial charge in [0.05, 0.1) is 12.6 Å². The zero-order valence-corrected chi connectivity index (χ0v) is 12.9. The molecule has 0 bridgehead atoms. The van der Waals surface area contributed by atoms with Crippen LogP contribution in [-0.4, -0.2) is 64.3 Å². The molecule has 1 aromatic carbocycles. The van der Waals surface area contributed by atoms with Gasteiger partial charge in [-0.3, -0.25) is 4.79 Å². The summed E-state index contributed by atoms with van der Waals surface area (Å²) in [5.74, 6) is -2.95. The molecule has 1 aliphatic rings. The Kier molecular flexibility index (Phi) is 4.97. The van der Waals surface area contributed by atoms with Gasteiger partial charge in [0.1, 0.15) is 17.2 Å². The van der Waals surface area contributed by atoms with E-state index in [4.69, 9.17) is 5.11 Å². The molecule has 22 heavy (non-hydrogen) atoms. The van der Waals surface area contributed by atoms with Crippen LogP contribution in [0.5, 0.6) is 0 Å². The topological polar surface area (TPSA) is 81.1 Å². The van der Waals surface area contributed by atoms with Crippen LogP contribution >= 0.6 is 15.9 Å². The standard InChI is InChI=1S/C13H13BrF2N2O4/c14-7-3-9(15)11(10(16)4-7)12(20)18-2-1-17(13(21)22)5-8(18)6-19/h3-4,8,19H,1-2,5-6H2,(H,21,22). The Bertz CT molecular complexity index is 591. The van der Waals surface area contributed by atoms with E-state index < -0.39 is 41.8 Å². The smallest absolute Gasteiger partial charge is 0.407 e. The third-order valence-corrected chi connectivity index (χ3v) is 3.90. The Morgan fingerprint density at radius 1 is 1.27 bits per heavy atom. The fourth-order valence-corrected chi connectivity index (χ4v) is 2.74. The Labute approximate surface area is 133 Å². The highest BCUT2D eigenvalue weighted by Gasteiger charge is 2.34. The first-order chi connectivity index (χ1) is 10.3. The predicted molar refractivity (Wildman–Crippen MR) is 75.6 cm³/mol. The van der Waals surface area contributed by atoms with E-state index in [9.17, 15) is 23.5 Å². The molecule has 1 aromatic rings. The molecular weight excluding hydrogens is 366 g/mol. The summed E-state index contributed by atoms with van der Waals surface area (Å²) in [7, 11) is 0. The first-order valence-corrected chi connectivity index (χ1v) is 7.18. The minimum absolute atomic E-state index is 0.0112. The van der Waals surface area contributed by atoms with E-state index >= 15 is 0 Å². The Hall–Kier alpha value is -1.74. The van der Waals surface area contributed by atoms with Gasteiger partial charge in [-0.05, 0) is 12.1 Å². The number of benzene rings is 1. The van der Waals surface area contributed by atoms with Crippen LogP contribution < -0.4 is 0 Å². The molecule has 9 heteroatoms. The van der Waals surface area contributed by atoms with Crippen molar-refractivity contribution in [2.24, 2.45) is 0 Å². The molecule has 1 unspecified atom stereocenters. The number of aliphatic hydroxyl groups excluding tert-OH is 1. The first kappa shape index (κ1) is 16.6. The Balaban J connectivity index is 2.28. The minimum atomic E-state index is -1.17. The maximum atomic E-state index is 13.9. The number of hydrogen-bond acceptors (Lipinski definition) is 3. The van der Waals surface area contributed by atoms with Crippen molar-refractivity contribution in [3.63, 3.8) is 0 Å². The average molecular weight is 379 g/mol. The van der Waals surface area contributed by atoms with Crippen molar-refractivity contribution in [1.29, 1.82) is 0 Å². The van der Waals surface area contributed by atoms with Gasteiger partial charge in [0.15, 0.2) is 0 Å². The minimum Gasteiger partial charge on any atom is -0.465 e. The van der Waals surface area contributed by atoms with Crippen molar-refractivity contribution in [3.05, 3.63) is 33.8 Å². The molecule has 0 saturated carbocycles. The molecule has 0 aromatic heterocycles. The van der Waals surface area contributed by atoms with Crippen LogP contribution in [-0.2, 0) is 0 Å². The van der Waals surface area contributed by atoms with Gasteiger partial charge < -0.3 is 20.0 Å². The predicted octanol–water partition coefficient (Wildman–Crippen LogP) is 1.52. The number of nitrogens with zero attached hydrogens (tertiary/aromatic N) is 2. The van der Waals surface area contributed by atoms with Crippen LogP contribution in [0.1, 0.15) is 10.4 Å². The van der Waals surface area contributed by atoms with Crippen molar-refractivity contribution in [3.8, 4) is 0 Å². The van der Waals surface area contributed by atoms with Crippen LogP contribution in [0, 0.1) is 11.6 Å². The summed E-state index contributed by atoms with van der Waals surface area (Å²) < 4.78 is 27.9. The summed E-state index contributed by atoms with van der Waals surface area (Å²) in [5.41, 5.74) is -0.717. The van der Waals surface area contributed by atoms with Crippen LogP contribution in [0.25, 0.3) is 0 Å². The second-order valence-electron chi connectivity index (χ2n) is 4.81. The van der Waals surface area contributed by atoms with E-state index in [0.29, 0.717) is 0 Å². The summed E-state index contributed by atoms with van der Waals surface area (Å²) >= 11 is 2.92.